The molecule has 4 rings (SSSR count). The van der Waals surface area contributed by atoms with E-state index in [2.05, 4.69) is 26.4 Å². The third-order valence-electron chi connectivity index (χ3n) is 6.38. The van der Waals surface area contributed by atoms with Gasteiger partial charge in [-0.2, -0.15) is 0 Å². The molecule has 1 aliphatic rings. The van der Waals surface area contributed by atoms with Crippen LogP contribution in [-0.2, 0) is 17.9 Å². The smallest absolute Gasteiger partial charge is 0.406 e. The van der Waals surface area contributed by atoms with Gasteiger partial charge in [0.2, 0.25) is 5.91 Å². The van der Waals surface area contributed by atoms with Crippen LogP contribution in [0.4, 0.5) is 24.5 Å². The summed E-state index contributed by atoms with van der Waals surface area (Å²) < 4.78 is 44.2. The number of imidazole rings is 1. The molecule has 3 aromatic rings. The highest BCUT2D eigenvalue weighted by Crippen LogP contribution is 2.29. The summed E-state index contributed by atoms with van der Waals surface area (Å²) in [6.07, 6.45) is 1.56. The minimum atomic E-state index is -4.80. The molecule has 0 spiro atoms. The summed E-state index contributed by atoms with van der Waals surface area (Å²) in [5.41, 5.74) is 2.97. The number of aromatic nitrogens is 2. The molecule has 1 fully saturated rings. The van der Waals surface area contributed by atoms with Crippen LogP contribution in [0.15, 0.2) is 61.1 Å². The summed E-state index contributed by atoms with van der Waals surface area (Å²) in [5.74, 6) is -0.531. The lowest BCUT2D eigenvalue weighted by Gasteiger charge is -2.41. The Morgan fingerprint density at radius 2 is 1.95 bits per heavy atom. The molecule has 7 nitrogen and oxygen atoms in total. The second-order valence-electron chi connectivity index (χ2n) is 9.04. The first kappa shape index (κ1) is 26.2. The van der Waals surface area contributed by atoms with E-state index in [-0.39, 0.29) is 24.2 Å². The minimum absolute atomic E-state index is 0.0335. The zero-order valence-corrected chi connectivity index (χ0v) is 20.5. The summed E-state index contributed by atoms with van der Waals surface area (Å²) >= 11 is 0. The van der Waals surface area contributed by atoms with E-state index in [1.807, 2.05) is 16.7 Å². The number of ether oxygens (including phenoxy) is 1. The van der Waals surface area contributed by atoms with Gasteiger partial charge < -0.3 is 14.2 Å². The Hall–Kier alpha value is -3.84. The van der Waals surface area contributed by atoms with Crippen molar-refractivity contribution in [3.8, 4) is 5.75 Å². The Morgan fingerprint density at radius 1 is 1.16 bits per heavy atom. The molecule has 37 heavy (non-hydrogen) atoms. The summed E-state index contributed by atoms with van der Waals surface area (Å²) in [6, 6.07) is 13.0. The standard InChI is InChI=1S/C27H28F3N5O2/c1-3-4-6-23-17-35(22-7-5-8-25(13-22)37-27(28,29)30)26(36)18-33(23)16-24-14-32-19-34(24)15-20-9-11-21(31-2)12-10-20/h5,7-14,19,23H,3-4,6,15-18H2,1H3/t23-/m0/s1. The molecular weight excluding hydrogens is 483 g/mol. The fourth-order valence-corrected chi connectivity index (χ4v) is 4.52. The van der Waals surface area contributed by atoms with E-state index >= 15 is 0 Å². The van der Waals surface area contributed by atoms with Gasteiger partial charge in [0.15, 0.2) is 5.69 Å². The molecule has 0 aliphatic carbocycles. The van der Waals surface area contributed by atoms with E-state index in [0.717, 1.165) is 30.5 Å². The molecule has 1 saturated heterocycles. The SMILES string of the molecule is [C-]#[N+]c1ccc(Cn2cncc2CN2CC(=O)N(c3cccc(OC(F)(F)F)c3)C[C@@H]2CCCC)cc1. The number of nitrogens with zero attached hydrogens (tertiary/aromatic N) is 5. The monoisotopic (exact) mass is 511 g/mol. The Labute approximate surface area is 213 Å². The van der Waals surface area contributed by atoms with Crippen molar-refractivity contribution in [3.63, 3.8) is 0 Å². The predicted molar refractivity (Wildman–Crippen MR) is 133 cm³/mol. The maximum atomic E-state index is 13.2. The van der Waals surface area contributed by atoms with Crippen LogP contribution < -0.4 is 9.64 Å². The lowest BCUT2D eigenvalue weighted by Crippen LogP contribution is -2.56. The molecule has 2 heterocycles. The van der Waals surface area contributed by atoms with Gasteiger partial charge >= 0.3 is 6.36 Å². The van der Waals surface area contributed by atoms with Gasteiger partial charge in [-0.05, 0) is 24.1 Å². The van der Waals surface area contributed by atoms with Crippen LogP contribution in [0.1, 0.15) is 37.4 Å². The van der Waals surface area contributed by atoms with Crippen LogP contribution in [0.5, 0.6) is 5.75 Å². The molecular formula is C27H28F3N5O2. The van der Waals surface area contributed by atoms with Crippen LogP contribution in [0, 0.1) is 6.57 Å². The maximum Gasteiger partial charge on any atom is 0.573 e. The van der Waals surface area contributed by atoms with E-state index in [0.29, 0.717) is 31.0 Å². The number of unbranched alkanes of at least 4 members (excludes halogenated alkanes) is 1. The number of halogens is 3. The third kappa shape index (κ3) is 6.89. The number of piperazine rings is 1. The third-order valence-corrected chi connectivity index (χ3v) is 6.38. The number of anilines is 1. The topological polar surface area (TPSA) is 55.0 Å². The summed E-state index contributed by atoms with van der Waals surface area (Å²) in [6.45, 7) is 10.8. The predicted octanol–water partition coefficient (Wildman–Crippen LogP) is 5.79. The Morgan fingerprint density at radius 3 is 2.65 bits per heavy atom. The average Bonchev–Trinajstić information content (AvgIpc) is 3.29. The Bertz CT molecular complexity index is 1250. The van der Waals surface area contributed by atoms with Gasteiger partial charge in [0.25, 0.3) is 0 Å². The van der Waals surface area contributed by atoms with Gasteiger partial charge in [-0.15, -0.1) is 13.2 Å². The molecule has 1 atom stereocenters. The van der Waals surface area contributed by atoms with Crippen molar-refractivity contribution < 1.29 is 22.7 Å². The zero-order valence-electron chi connectivity index (χ0n) is 20.5. The van der Waals surface area contributed by atoms with Crippen molar-refractivity contribution >= 4 is 17.3 Å². The van der Waals surface area contributed by atoms with Crippen molar-refractivity contribution in [2.24, 2.45) is 0 Å². The first-order valence-electron chi connectivity index (χ1n) is 12.1. The molecule has 1 aromatic heterocycles. The molecule has 1 aliphatic heterocycles. The van der Waals surface area contributed by atoms with Crippen molar-refractivity contribution in [2.75, 3.05) is 18.0 Å². The normalized spacial score (nSPS) is 16.6. The maximum absolute atomic E-state index is 13.2. The second-order valence-corrected chi connectivity index (χ2v) is 9.04. The van der Waals surface area contributed by atoms with E-state index in [9.17, 15) is 18.0 Å². The quantitative estimate of drug-likeness (QED) is 0.342. The minimum Gasteiger partial charge on any atom is -0.406 e. The van der Waals surface area contributed by atoms with Crippen LogP contribution in [0.25, 0.3) is 4.85 Å². The summed E-state index contributed by atoms with van der Waals surface area (Å²) in [4.78, 5) is 24.6. The lowest BCUT2D eigenvalue weighted by atomic mass is 10.0. The highest BCUT2D eigenvalue weighted by Gasteiger charge is 2.34. The number of amides is 1. The summed E-state index contributed by atoms with van der Waals surface area (Å²) in [5, 5.41) is 0. The van der Waals surface area contributed by atoms with Crippen molar-refractivity contribution in [1.29, 1.82) is 0 Å². The number of carbonyl (C=O) groups is 1. The van der Waals surface area contributed by atoms with Gasteiger partial charge in [0, 0.05) is 43.6 Å². The average molecular weight is 512 g/mol. The van der Waals surface area contributed by atoms with Crippen LogP contribution in [-0.4, -0.2) is 45.9 Å². The van der Waals surface area contributed by atoms with Crippen LogP contribution >= 0.6 is 0 Å². The first-order chi connectivity index (χ1) is 17.8. The van der Waals surface area contributed by atoms with Crippen LogP contribution in [0.2, 0.25) is 0 Å². The van der Waals surface area contributed by atoms with Gasteiger partial charge in [0.1, 0.15) is 5.75 Å². The molecule has 0 radical (unpaired) electrons. The number of hydrogen-bond acceptors (Lipinski definition) is 4. The van der Waals surface area contributed by atoms with Gasteiger partial charge in [-0.1, -0.05) is 50.1 Å². The van der Waals surface area contributed by atoms with Crippen molar-refractivity contribution in [1.82, 2.24) is 14.5 Å². The fourth-order valence-electron chi connectivity index (χ4n) is 4.52. The fraction of sp³-hybridized carbons (Fsp3) is 0.370. The van der Waals surface area contributed by atoms with E-state index in [1.54, 1.807) is 35.6 Å². The molecule has 194 valence electrons. The molecule has 2 aromatic carbocycles. The second kappa shape index (κ2) is 11.5. The first-order valence-corrected chi connectivity index (χ1v) is 12.1. The van der Waals surface area contributed by atoms with Crippen molar-refractivity contribution in [3.05, 3.63) is 83.7 Å². The lowest BCUT2D eigenvalue weighted by molar-refractivity contribution is -0.274. The largest absolute Gasteiger partial charge is 0.573 e. The number of hydrogen-bond donors (Lipinski definition) is 0. The van der Waals surface area contributed by atoms with Gasteiger partial charge in [0.05, 0.1) is 25.1 Å². The number of rotatable bonds is 9. The van der Waals surface area contributed by atoms with Gasteiger partial charge in [-0.3, -0.25) is 9.69 Å². The summed E-state index contributed by atoms with van der Waals surface area (Å²) in [7, 11) is 0. The number of carbonyl (C=O) groups excluding carboxylic acids is 1. The Kier molecular flexibility index (Phi) is 8.14. The molecule has 0 saturated carbocycles. The van der Waals surface area contributed by atoms with E-state index in [4.69, 9.17) is 6.57 Å². The molecule has 10 heteroatoms. The van der Waals surface area contributed by atoms with E-state index in [1.165, 1.54) is 18.2 Å². The van der Waals surface area contributed by atoms with Crippen LogP contribution in [0.3, 0.4) is 0 Å². The zero-order chi connectivity index (χ0) is 26.4. The van der Waals surface area contributed by atoms with E-state index < -0.39 is 6.36 Å². The highest BCUT2D eigenvalue weighted by molar-refractivity contribution is 5.95. The molecule has 0 unspecified atom stereocenters. The Balaban J connectivity index is 1.50. The molecule has 0 N–H and O–H groups in total. The number of alkyl halides is 3. The number of benzene rings is 2. The highest BCUT2D eigenvalue weighted by atomic mass is 19.4. The van der Waals surface area contributed by atoms with Crippen molar-refractivity contribution in [2.45, 2.75) is 51.7 Å². The molecule has 1 amide bonds. The molecule has 0 bridgehead atoms. The van der Waals surface area contributed by atoms with Gasteiger partial charge in [-0.25, -0.2) is 9.83 Å².